The summed E-state index contributed by atoms with van der Waals surface area (Å²) in [5.41, 5.74) is 0.924. The molecule has 0 spiro atoms. The van der Waals surface area contributed by atoms with Crippen LogP contribution in [0, 0.1) is 0 Å². The second-order valence-corrected chi connectivity index (χ2v) is 7.75. The van der Waals surface area contributed by atoms with Crippen molar-refractivity contribution >= 4 is 22.2 Å². The van der Waals surface area contributed by atoms with E-state index in [-0.39, 0.29) is 6.42 Å². The maximum atomic E-state index is 11.4. The lowest BCUT2D eigenvalue weighted by atomic mass is 10.1. The minimum absolute atomic E-state index is 0.172. The van der Waals surface area contributed by atoms with E-state index in [1.54, 1.807) is 19.2 Å². The Morgan fingerprint density at radius 3 is 2.25 bits per heavy atom. The number of likely N-dealkylation sites (N-methyl/N-ethyl adjacent to an activating group) is 1. The number of pyridine rings is 1. The minimum Gasteiger partial charge on any atom is -0.543 e. The number of aliphatic carboxylic acids is 1. The van der Waals surface area contributed by atoms with Crippen molar-refractivity contribution < 1.29 is 27.4 Å². The van der Waals surface area contributed by atoms with Gasteiger partial charge in [0.2, 0.25) is 0 Å². The first kappa shape index (κ1) is 22.2. The van der Waals surface area contributed by atoms with Gasteiger partial charge in [0.25, 0.3) is 4.87 Å². The van der Waals surface area contributed by atoms with Crippen molar-refractivity contribution in [3.63, 3.8) is 0 Å². The molecule has 0 aliphatic heterocycles. The molecule has 1 N–H and O–H groups in total. The highest BCUT2D eigenvalue weighted by Gasteiger charge is 2.55. The zero-order valence-electron chi connectivity index (χ0n) is 14.6. The highest BCUT2D eigenvalue weighted by Crippen LogP contribution is 2.30. The van der Waals surface area contributed by atoms with Crippen molar-refractivity contribution in [2.75, 3.05) is 21.1 Å². The van der Waals surface area contributed by atoms with Crippen LogP contribution in [0.5, 0.6) is 0 Å². The van der Waals surface area contributed by atoms with Crippen molar-refractivity contribution in [2.45, 2.75) is 31.1 Å². The van der Waals surface area contributed by atoms with Crippen LogP contribution in [0.1, 0.15) is 31.9 Å². The maximum absolute atomic E-state index is 11.4. The van der Waals surface area contributed by atoms with Gasteiger partial charge in [-0.05, 0) is 24.6 Å². The van der Waals surface area contributed by atoms with Crippen molar-refractivity contribution in [3.05, 3.63) is 36.7 Å². The summed E-state index contributed by atoms with van der Waals surface area (Å²) in [6, 6.07) is 5.73. The van der Waals surface area contributed by atoms with Gasteiger partial charge in [0, 0.05) is 12.6 Å². The van der Waals surface area contributed by atoms with Gasteiger partial charge < -0.3 is 14.4 Å². The standard InChI is InChI=1S/C9H19NO5S.C7H7N/c1-5-6-7-9(8(11)12,10(2,3)4)16(13,14)15;1-2-7-5-3-4-6-8-7/h5-7H2,1-4H3,(H-,11,12,13,14,15);2-6H,1H2. The molecular weight excluding hydrogens is 332 g/mol. The van der Waals surface area contributed by atoms with Crippen LogP contribution < -0.4 is 5.11 Å². The molecule has 0 aromatic carbocycles. The molecule has 1 atom stereocenters. The summed E-state index contributed by atoms with van der Waals surface area (Å²) in [7, 11) is -0.540. The van der Waals surface area contributed by atoms with E-state index in [9.17, 15) is 22.9 Å². The SMILES string of the molecule is C=Cc1ccccn1.CCCCC(C(=O)[O-])([N+](C)(C)C)S(=O)(=O)O. The monoisotopic (exact) mass is 358 g/mol. The van der Waals surface area contributed by atoms with Crippen LogP contribution in [0.4, 0.5) is 0 Å². The maximum Gasteiger partial charge on any atom is 0.328 e. The average molecular weight is 358 g/mol. The summed E-state index contributed by atoms with van der Waals surface area (Å²) < 4.78 is 31.5. The van der Waals surface area contributed by atoms with Crippen molar-refractivity contribution in [2.24, 2.45) is 0 Å². The molecule has 1 unspecified atom stereocenters. The van der Waals surface area contributed by atoms with E-state index in [2.05, 4.69) is 11.6 Å². The molecule has 0 saturated heterocycles. The molecule has 136 valence electrons. The summed E-state index contributed by atoms with van der Waals surface area (Å²) in [5, 5.41) is 11.2. The van der Waals surface area contributed by atoms with E-state index in [1.165, 1.54) is 21.1 Å². The van der Waals surface area contributed by atoms with Crippen LogP contribution in [0.25, 0.3) is 6.08 Å². The first-order valence-electron chi connectivity index (χ1n) is 7.47. The Balaban J connectivity index is 0.000000546. The number of carbonyl (C=O) groups excluding carboxylic acids is 1. The Morgan fingerprint density at radius 2 is 2.00 bits per heavy atom. The number of quaternary nitrogens is 1. The van der Waals surface area contributed by atoms with Crippen LogP contribution in [0.2, 0.25) is 0 Å². The molecule has 0 bridgehead atoms. The lowest BCUT2D eigenvalue weighted by Gasteiger charge is -2.43. The Kier molecular flexibility index (Phi) is 8.25. The van der Waals surface area contributed by atoms with E-state index < -0.39 is 25.4 Å². The van der Waals surface area contributed by atoms with E-state index in [1.807, 2.05) is 18.2 Å². The molecule has 0 aliphatic carbocycles. The minimum atomic E-state index is -4.75. The Hall–Kier alpha value is -1.77. The highest BCUT2D eigenvalue weighted by molar-refractivity contribution is 7.87. The topological polar surface area (TPSA) is 107 Å². The predicted octanol–water partition coefficient (Wildman–Crippen LogP) is 0.941. The summed E-state index contributed by atoms with van der Waals surface area (Å²) in [6.07, 6.45) is 4.30. The number of nitrogens with zero attached hydrogens (tertiary/aromatic N) is 2. The van der Waals surface area contributed by atoms with Crippen molar-refractivity contribution in [1.82, 2.24) is 4.98 Å². The molecule has 1 aromatic rings. The Morgan fingerprint density at radius 1 is 1.42 bits per heavy atom. The van der Waals surface area contributed by atoms with Crippen molar-refractivity contribution in [1.29, 1.82) is 0 Å². The number of hydrogen-bond acceptors (Lipinski definition) is 5. The molecule has 24 heavy (non-hydrogen) atoms. The van der Waals surface area contributed by atoms with Crippen LogP contribution in [0.15, 0.2) is 31.0 Å². The molecule has 1 rings (SSSR count). The zero-order chi connectivity index (χ0) is 19.0. The first-order valence-corrected chi connectivity index (χ1v) is 8.91. The fraction of sp³-hybridized carbons (Fsp3) is 0.500. The fourth-order valence-electron chi connectivity index (χ4n) is 2.20. The summed E-state index contributed by atoms with van der Waals surface area (Å²) >= 11 is 0. The van der Waals surface area contributed by atoms with Gasteiger partial charge in [-0.1, -0.05) is 26.0 Å². The average Bonchev–Trinajstić information content (AvgIpc) is 2.46. The largest absolute Gasteiger partial charge is 0.543 e. The summed E-state index contributed by atoms with van der Waals surface area (Å²) in [5.74, 6) is -1.77. The summed E-state index contributed by atoms with van der Waals surface area (Å²) in [6.45, 7) is 5.37. The molecule has 0 fully saturated rings. The third-order valence-corrected chi connectivity index (χ3v) is 5.37. The lowest BCUT2D eigenvalue weighted by Crippen LogP contribution is -2.69. The Labute approximate surface area is 144 Å². The first-order chi connectivity index (χ1) is 10.9. The molecule has 1 aromatic heterocycles. The third-order valence-electron chi connectivity index (χ3n) is 3.60. The van der Waals surface area contributed by atoms with Gasteiger partial charge in [-0.25, -0.2) is 0 Å². The van der Waals surface area contributed by atoms with Gasteiger partial charge in [-0.3, -0.25) is 9.54 Å². The zero-order valence-corrected chi connectivity index (χ0v) is 15.4. The van der Waals surface area contributed by atoms with Crippen molar-refractivity contribution in [3.8, 4) is 0 Å². The quantitative estimate of drug-likeness (QED) is 0.574. The number of carbonyl (C=O) groups is 1. The van der Waals surface area contributed by atoms with Crippen LogP contribution >= 0.6 is 0 Å². The van der Waals surface area contributed by atoms with Crippen LogP contribution in [-0.4, -0.2) is 54.4 Å². The predicted molar refractivity (Wildman–Crippen MR) is 91.2 cm³/mol. The molecule has 0 saturated carbocycles. The second-order valence-electron chi connectivity index (χ2n) is 6.12. The van der Waals surface area contributed by atoms with Gasteiger partial charge in [0.05, 0.1) is 26.8 Å². The molecule has 0 aliphatic rings. The fourth-order valence-corrected chi connectivity index (χ4v) is 3.51. The number of carboxylic acid groups (broad SMARTS) is 1. The number of rotatable bonds is 7. The molecule has 1 heterocycles. The molecule has 0 amide bonds. The number of carboxylic acids is 1. The normalized spacial score (nSPS) is 14.0. The van der Waals surface area contributed by atoms with E-state index >= 15 is 0 Å². The highest BCUT2D eigenvalue weighted by atomic mass is 32.2. The molecule has 0 radical (unpaired) electrons. The lowest BCUT2D eigenvalue weighted by molar-refractivity contribution is -0.901. The number of hydrogen-bond donors (Lipinski definition) is 1. The van der Waals surface area contributed by atoms with E-state index in [0.717, 1.165) is 5.69 Å². The Bertz CT molecular complexity index is 638. The van der Waals surface area contributed by atoms with E-state index in [0.29, 0.717) is 12.8 Å². The van der Waals surface area contributed by atoms with Crippen LogP contribution in [0.3, 0.4) is 0 Å². The third kappa shape index (κ3) is 5.40. The smallest absolute Gasteiger partial charge is 0.328 e. The molecular formula is C16H26N2O5S. The second kappa shape index (κ2) is 8.91. The molecule has 7 nitrogen and oxygen atoms in total. The van der Waals surface area contributed by atoms with Gasteiger partial charge >= 0.3 is 10.1 Å². The van der Waals surface area contributed by atoms with Gasteiger partial charge in [-0.2, -0.15) is 8.42 Å². The van der Waals surface area contributed by atoms with Gasteiger partial charge in [-0.15, -0.1) is 0 Å². The van der Waals surface area contributed by atoms with E-state index in [4.69, 9.17) is 0 Å². The van der Waals surface area contributed by atoms with Gasteiger partial charge in [0.15, 0.2) is 0 Å². The molecule has 8 heteroatoms. The number of aromatic nitrogens is 1. The summed E-state index contributed by atoms with van der Waals surface area (Å²) in [4.78, 5) is 12.8. The number of unbranched alkanes of at least 4 members (excludes halogenated alkanes) is 1. The van der Waals surface area contributed by atoms with Gasteiger partial charge in [0.1, 0.15) is 5.97 Å². The van der Waals surface area contributed by atoms with Crippen LogP contribution in [-0.2, 0) is 14.9 Å².